The molecule has 0 rings (SSSR count). The molecule has 1 unspecified atom stereocenters. The van der Waals surface area contributed by atoms with Crippen molar-refractivity contribution in [3.8, 4) is 0 Å². The first-order valence-electron chi connectivity index (χ1n) is 1.96. The smallest absolute Gasteiger partial charge is 0.251 e. The van der Waals surface area contributed by atoms with Crippen LogP contribution in [0.2, 0.25) is 0 Å². The fourth-order valence-corrected chi connectivity index (χ4v) is 0.182. The molecule has 0 saturated heterocycles. The van der Waals surface area contributed by atoms with Gasteiger partial charge in [0.1, 0.15) is 0 Å². The van der Waals surface area contributed by atoms with Crippen molar-refractivity contribution < 1.29 is 10.1 Å². The fraction of sp³-hybridized carbons (Fsp3) is 0.250. The van der Waals surface area contributed by atoms with E-state index in [0.717, 1.165) is 0 Å². The lowest BCUT2D eigenvalue weighted by Crippen LogP contribution is -3.03. The predicted octanol–water partition coefficient (Wildman–Crippen LogP) is -0.898. The van der Waals surface area contributed by atoms with E-state index in [1.54, 1.807) is 0 Å². The van der Waals surface area contributed by atoms with Gasteiger partial charge in [0.15, 0.2) is 0 Å². The summed E-state index contributed by atoms with van der Waals surface area (Å²) in [7, 11) is 1.26. The maximum Gasteiger partial charge on any atom is 0.251 e. The number of quaternary nitrogens is 1. The Morgan fingerprint density at radius 1 is 1.88 bits per heavy atom. The zero-order valence-electron chi connectivity index (χ0n) is 4.68. The largest absolute Gasteiger partial charge is 0.593 e. The van der Waals surface area contributed by atoms with Crippen LogP contribution >= 0.6 is 0 Å². The topological polar surface area (TPSA) is 49.1 Å². The van der Waals surface area contributed by atoms with E-state index in [-0.39, 0.29) is 5.82 Å². The minimum Gasteiger partial charge on any atom is -0.593 e. The van der Waals surface area contributed by atoms with Gasteiger partial charge in [-0.25, -0.2) is 9.83 Å². The number of rotatable bonds is 3. The van der Waals surface area contributed by atoms with E-state index in [2.05, 4.69) is 23.1 Å². The molecule has 1 N–H and O–H groups in total. The average Bonchev–Trinajstić information content (AvgIpc) is 1.84. The normalized spacial score (nSPS) is 12.8. The molecule has 0 bridgehead atoms. The third kappa shape index (κ3) is 1.83. The van der Waals surface area contributed by atoms with Gasteiger partial charge in [-0.3, -0.25) is 0 Å². The SMILES string of the molecule is C=NC(=C)[NH+]([O-])OC. The number of nitrogens with zero attached hydrogens (tertiary/aromatic N) is 1. The molecule has 4 heteroatoms. The van der Waals surface area contributed by atoms with Gasteiger partial charge in [-0.1, -0.05) is 0 Å². The summed E-state index contributed by atoms with van der Waals surface area (Å²) in [6.07, 6.45) is 0. The van der Waals surface area contributed by atoms with E-state index < -0.39 is 5.23 Å². The Labute approximate surface area is 47.6 Å². The minimum absolute atomic E-state index is 0.0347. The van der Waals surface area contributed by atoms with Crippen LogP contribution in [-0.4, -0.2) is 13.8 Å². The molecule has 0 fully saturated rings. The third-order valence-electron chi connectivity index (χ3n) is 0.612. The Morgan fingerprint density at radius 3 is 2.50 bits per heavy atom. The summed E-state index contributed by atoms with van der Waals surface area (Å²) in [5, 5.41) is 9.75. The number of nitrogens with one attached hydrogen (secondary N) is 1. The lowest BCUT2D eigenvalue weighted by atomic mass is 10.8. The van der Waals surface area contributed by atoms with Gasteiger partial charge in [0.05, 0.1) is 7.11 Å². The van der Waals surface area contributed by atoms with E-state index in [4.69, 9.17) is 0 Å². The molecular formula is C4H8N2O2. The maximum absolute atomic E-state index is 10.3. The van der Waals surface area contributed by atoms with E-state index in [1.165, 1.54) is 7.11 Å². The van der Waals surface area contributed by atoms with Gasteiger partial charge in [0.25, 0.3) is 5.82 Å². The number of hydrogen-bond acceptors (Lipinski definition) is 3. The number of aliphatic imine (C=N–C) groups is 1. The van der Waals surface area contributed by atoms with Gasteiger partial charge < -0.3 is 5.21 Å². The summed E-state index contributed by atoms with van der Waals surface area (Å²) in [5.74, 6) is 0.0347. The van der Waals surface area contributed by atoms with Gasteiger partial charge in [-0.05, 0) is 13.3 Å². The highest BCUT2D eigenvalue weighted by atomic mass is 16.9. The minimum atomic E-state index is -0.542. The van der Waals surface area contributed by atoms with Crippen molar-refractivity contribution in [2.45, 2.75) is 0 Å². The van der Waals surface area contributed by atoms with Crippen molar-refractivity contribution in [2.24, 2.45) is 4.99 Å². The highest BCUT2D eigenvalue weighted by Crippen LogP contribution is 1.71. The molecule has 4 nitrogen and oxygen atoms in total. The second kappa shape index (κ2) is 3.31. The molecule has 0 aliphatic carbocycles. The van der Waals surface area contributed by atoms with Crippen molar-refractivity contribution >= 4 is 6.72 Å². The number of hydroxylamine groups is 2. The first kappa shape index (κ1) is 7.29. The van der Waals surface area contributed by atoms with Gasteiger partial charge in [0.2, 0.25) is 0 Å². The second-order valence-electron chi connectivity index (χ2n) is 1.10. The van der Waals surface area contributed by atoms with Crippen LogP contribution in [0.3, 0.4) is 0 Å². The molecule has 1 atom stereocenters. The van der Waals surface area contributed by atoms with Crippen LogP contribution in [0.1, 0.15) is 0 Å². The Hall–Kier alpha value is -0.710. The van der Waals surface area contributed by atoms with Crippen molar-refractivity contribution in [2.75, 3.05) is 7.11 Å². The van der Waals surface area contributed by atoms with Crippen molar-refractivity contribution in [3.63, 3.8) is 0 Å². The summed E-state index contributed by atoms with van der Waals surface area (Å²) in [4.78, 5) is 7.47. The van der Waals surface area contributed by atoms with E-state index in [9.17, 15) is 5.21 Å². The van der Waals surface area contributed by atoms with Crippen LogP contribution in [0.15, 0.2) is 17.4 Å². The molecule has 0 radical (unpaired) electrons. The quantitative estimate of drug-likeness (QED) is 0.384. The monoisotopic (exact) mass is 116 g/mol. The Bertz CT molecular complexity index is 102. The molecule has 0 aromatic rings. The highest BCUT2D eigenvalue weighted by Gasteiger charge is 1.95. The molecule has 0 aromatic carbocycles. The predicted molar refractivity (Wildman–Crippen MR) is 30.0 cm³/mol. The summed E-state index contributed by atoms with van der Waals surface area (Å²) >= 11 is 0. The van der Waals surface area contributed by atoms with Crippen LogP contribution in [0, 0.1) is 5.21 Å². The van der Waals surface area contributed by atoms with Crippen molar-refractivity contribution in [3.05, 3.63) is 17.6 Å². The van der Waals surface area contributed by atoms with Gasteiger partial charge >= 0.3 is 0 Å². The molecule has 0 heterocycles. The molecule has 0 saturated carbocycles. The van der Waals surface area contributed by atoms with Gasteiger partial charge in [-0.2, -0.15) is 5.23 Å². The Morgan fingerprint density at radius 2 is 2.38 bits per heavy atom. The molecule has 0 aromatic heterocycles. The molecular weight excluding hydrogens is 108 g/mol. The summed E-state index contributed by atoms with van der Waals surface area (Å²) < 4.78 is 0. The first-order chi connectivity index (χ1) is 3.72. The summed E-state index contributed by atoms with van der Waals surface area (Å²) in [6.45, 7) is 6.32. The lowest BCUT2D eigenvalue weighted by molar-refractivity contribution is -1.02. The van der Waals surface area contributed by atoms with Crippen molar-refractivity contribution in [1.82, 2.24) is 0 Å². The third-order valence-corrected chi connectivity index (χ3v) is 0.612. The van der Waals surface area contributed by atoms with Gasteiger partial charge in [-0.15, -0.1) is 0 Å². The van der Waals surface area contributed by atoms with Crippen LogP contribution < -0.4 is 5.23 Å². The average molecular weight is 116 g/mol. The standard InChI is InChI=1S/C4H8N2O2/c1-4(5-2)6(7)8-3/h6H,1-2H2,3H3. The van der Waals surface area contributed by atoms with E-state index >= 15 is 0 Å². The Kier molecular flexibility index (Phi) is 3.02. The van der Waals surface area contributed by atoms with Crippen LogP contribution in [0.5, 0.6) is 0 Å². The fourth-order valence-electron chi connectivity index (χ4n) is 0.182. The second-order valence-corrected chi connectivity index (χ2v) is 1.10. The first-order valence-corrected chi connectivity index (χ1v) is 1.96. The van der Waals surface area contributed by atoms with Crippen LogP contribution in [0.4, 0.5) is 0 Å². The molecule has 0 amide bonds. The molecule has 0 spiro atoms. The zero-order chi connectivity index (χ0) is 6.57. The van der Waals surface area contributed by atoms with E-state index in [1.807, 2.05) is 0 Å². The summed E-state index contributed by atoms with van der Waals surface area (Å²) in [5.41, 5.74) is 0. The molecule has 8 heavy (non-hydrogen) atoms. The van der Waals surface area contributed by atoms with Crippen LogP contribution in [-0.2, 0) is 4.84 Å². The Balaban J connectivity index is 3.62. The molecule has 0 aliphatic heterocycles. The van der Waals surface area contributed by atoms with Crippen LogP contribution in [0.25, 0.3) is 0 Å². The molecule has 46 valence electrons. The highest BCUT2D eigenvalue weighted by molar-refractivity contribution is 5.26. The van der Waals surface area contributed by atoms with E-state index in [0.29, 0.717) is 0 Å². The lowest BCUT2D eigenvalue weighted by Gasteiger charge is -2.14. The maximum atomic E-state index is 10.3. The van der Waals surface area contributed by atoms with Crippen molar-refractivity contribution in [1.29, 1.82) is 0 Å². The molecule has 0 aliphatic rings. The van der Waals surface area contributed by atoms with Gasteiger partial charge in [0, 0.05) is 0 Å². The summed E-state index contributed by atoms with van der Waals surface area (Å²) in [6, 6.07) is 0. The zero-order valence-corrected chi connectivity index (χ0v) is 4.68. The number of hydrogen-bond donors (Lipinski definition) is 1.